The minimum Gasteiger partial charge on any atom is -0.493 e. The van der Waals surface area contributed by atoms with Gasteiger partial charge in [0.25, 0.3) is 5.91 Å². The molecular weight excluding hydrogens is 356 g/mol. The fourth-order valence-electron chi connectivity index (χ4n) is 3.11. The van der Waals surface area contributed by atoms with E-state index in [9.17, 15) is 13.6 Å². The van der Waals surface area contributed by atoms with Crippen LogP contribution in [-0.4, -0.2) is 43.8 Å². The van der Waals surface area contributed by atoms with Gasteiger partial charge in [0.2, 0.25) is 6.10 Å². The molecule has 2 aromatic rings. The maximum absolute atomic E-state index is 14.4. The van der Waals surface area contributed by atoms with Gasteiger partial charge in [0, 0.05) is 24.8 Å². The van der Waals surface area contributed by atoms with Crippen molar-refractivity contribution in [1.82, 2.24) is 4.90 Å². The Morgan fingerprint density at radius 2 is 1.85 bits per heavy atom. The quantitative estimate of drug-likeness (QED) is 0.523. The molecule has 5 nitrogen and oxygen atoms in total. The van der Waals surface area contributed by atoms with Crippen molar-refractivity contribution >= 4 is 5.91 Å². The number of hydrogen-bond donors (Lipinski definition) is 0. The molecular formula is C20H21F2NO4. The van der Waals surface area contributed by atoms with E-state index in [1.165, 1.54) is 24.1 Å². The summed E-state index contributed by atoms with van der Waals surface area (Å²) in [6, 6.07) is 9.55. The highest BCUT2D eigenvalue weighted by Gasteiger charge is 2.51. The predicted molar refractivity (Wildman–Crippen MR) is 94.7 cm³/mol. The molecule has 1 amide bonds. The molecule has 2 aromatic carbocycles. The standard InChI is InChI=1S/C20H21F2NO4/c1-3-26-11-10-23-18(14-9-8-13(21)12-15(14)22)19(20(23)24)27-17-7-5-4-6-16(17)25-2/h4-9,12,18-19H,3,10-11H2,1-2H3/t18-,19+/m0/s1. The Morgan fingerprint density at radius 3 is 2.52 bits per heavy atom. The van der Waals surface area contributed by atoms with Gasteiger partial charge in [-0.3, -0.25) is 4.79 Å². The number of β-lactam (4-membered cyclic amide) rings is 1. The largest absolute Gasteiger partial charge is 0.493 e. The van der Waals surface area contributed by atoms with Crippen molar-refractivity contribution in [3.8, 4) is 11.5 Å². The van der Waals surface area contributed by atoms with E-state index >= 15 is 0 Å². The van der Waals surface area contributed by atoms with Crippen molar-refractivity contribution in [3.63, 3.8) is 0 Å². The Kier molecular flexibility index (Phi) is 5.91. The first-order valence-electron chi connectivity index (χ1n) is 8.69. The molecule has 0 radical (unpaired) electrons. The normalized spacial score (nSPS) is 19.0. The number of methoxy groups -OCH3 is 1. The summed E-state index contributed by atoms with van der Waals surface area (Å²) < 4.78 is 44.1. The highest BCUT2D eigenvalue weighted by molar-refractivity contribution is 5.89. The number of halogens is 2. The van der Waals surface area contributed by atoms with Crippen LogP contribution in [0.3, 0.4) is 0 Å². The molecule has 27 heavy (non-hydrogen) atoms. The van der Waals surface area contributed by atoms with Gasteiger partial charge in [-0.05, 0) is 25.1 Å². The average molecular weight is 377 g/mol. The third-order valence-corrected chi connectivity index (χ3v) is 4.43. The number of carbonyl (C=O) groups is 1. The second-order valence-electron chi connectivity index (χ2n) is 6.03. The van der Waals surface area contributed by atoms with Crippen LogP contribution in [0.5, 0.6) is 11.5 Å². The van der Waals surface area contributed by atoms with E-state index in [2.05, 4.69) is 0 Å². The maximum atomic E-state index is 14.4. The minimum atomic E-state index is -0.928. The lowest BCUT2D eigenvalue weighted by Crippen LogP contribution is -2.62. The van der Waals surface area contributed by atoms with Crippen LogP contribution in [0.1, 0.15) is 18.5 Å². The molecule has 0 spiro atoms. The Balaban J connectivity index is 1.88. The fourth-order valence-corrected chi connectivity index (χ4v) is 3.11. The lowest BCUT2D eigenvalue weighted by Gasteiger charge is -2.46. The third kappa shape index (κ3) is 3.88. The number of carbonyl (C=O) groups excluding carboxylic acids is 1. The van der Waals surface area contributed by atoms with Gasteiger partial charge in [0.1, 0.15) is 17.7 Å². The average Bonchev–Trinajstić information content (AvgIpc) is 2.67. The number of para-hydroxylation sites is 2. The number of nitrogens with zero attached hydrogens (tertiary/aromatic N) is 1. The van der Waals surface area contributed by atoms with Crippen LogP contribution >= 0.6 is 0 Å². The monoisotopic (exact) mass is 377 g/mol. The molecule has 0 aliphatic carbocycles. The number of amides is 1. The lowest BCUT2D eigenvalue weighted by molar-refractivity contribution is -0.165. The van der Waals surface area contributed by atoms with Crippen LogP contribution in [0.4, 0.5) is 8.78 Å². The Labute approximate surface area is 156 Å². The minimum absolute atomic E-state index is 0.201. The van der Waals surface area contributed by atoms with Crippen LogP contribution in [0.15, 0.2) is 42.5 Å². The zero-order valence-corrected chi connectivity index (χ0v) is 15.2. The Hall–Kier alpha value is -2.67. The van der Waals surface area contributed by atoms with Crippen LogP contribution in [0.25, 0.3) is 0 Å². The van der Waals surface area contributed by atoms with E-state index in [1.807, 2.05) is 6.92 Å². The van der Waals surface area contributed by atoms with E-state index in [1.54, 1.807) is 24.3 Å². The highest BCUT2D eigenvalue weighted by Crippen LogP contribution is 2.40. The lowest BCUT2D eigenvalue weighted by atomic mass is 9.90. The summed E-state index contributed by atoms with van der Waals surface area (Å²) in [5.41, 5.74) is 0.201. The number of hydrogen-bond acceptors (Lipinski definition) is 4. The number of likely N-dealkylation sites (tertiary alicyclic amines) is 1. The summed E-state index contributed by atoms with van der Waals surface area (Å²) in [5, 5.41) is 0. The zero-order valence-electron chi connectivity index (χ0n) is 15.2. The molecule has 7 heteroatoms. The smallest absolute Gasteiger partial charge is 0.266 e. The molecule has 0 bridgehead atoms. The predicted octanol–water partition coefficient (Wildman–Crippen LogP) is 3.34. The van der Waals surface area contributed by atoms with Gasteiger partial charge in [0.15, 0.2) is 11.5 Å². The van der Waals surface area contributed by atoms with E-state index in [-0.39, 0.29) is 11.5 Å². The van der Waals surface area contributed by atoms with Gasteiger partial charge in [-0.25, -0.2) is 8.78 Å². The molecule has 0 N–H and O–H groups in total. The van der Waals surface area contributed by atoms with E-state index in [0.29, 0.717) is 31.3 Å². The van der Waals surface area contributed by atoms with E-state index in [0.717, 1.165) is 6.07 Å². The summed E-state index contributed by atoms with van der Waals surface area (Å²) in [7, 11) is 1.50. The molecule has 1 fully saturated rings. The second kappa shape index (κ2) is 8.35. The van der Waals surface area contributed by atoms with E-state index in [4.69, 9.17) is 14.2 Å². The molecule has 0 saturated carbocycles. The Morgan fingerprint density at radius 1 is 1.11 bits per heavy atom. The first-order valence-corrected chi connectivity index (χ1v) is 8.69. The van der Waals surface area contributed by atoms with E-state index < -0.39 is 23.8 Å². The number of benzene rings is 2. The van der Waals surface area contributed by atoms with Crippen molar-refractivity contribution < 1.29 is 27.8 Å². The number of rotatable bonds is 8. The molecule has 2 atom stereocenters. The van der Waals surface area contributed by atoms with Gasteiger partial charge in [0.05, 0.1) is 13.7 Å². The first kappa shape index (κ1) is 19.1. The van der Waals surface area contributed by atoms with Crippen LogP contribution in [0, 0.1) is 11.6 Å². The van der Waals surface area contributed by atoms with Gasteiger partial charge >= 0.3 is 0 Å². The zero-order chi connectivity index (χ0) is 19.4. The summed E-state index contributed by atoms with van der Waals surface area (Å²) in [6.07, 6.45) is -0.928. The fraction of sp³-hybridized carbons (Fsp3) is 0.350. The third-order valence-electron chi connectivity index (χ3n) is 4.43. The summed E-state index contributed by atoms with van der Waals surface area (Å²) in [5.74, 6) is -0.825. The van der Waals surface area contributed by atoms with Crippen molar-refractivity contribution in [2.24, 2.45) is 0 Å². The van der Waals surface area contributed by atoms with Gasteiger partial charge in [-0.15, -0.1) is 0 Å². The Bertz CT molecular complexity index is 814. The molecule has 1 saturated heterocycles. The molecule has 3 rings (SSSR count). The topological polar surface area (TPSA) is 48.0 Å². The summed E-state index contributed by atoms with van der Waals surface area (Å²) in [4.78, 5) is 14.1. The maximum Gasteiger partial charge on any atom is 0.266 e. The molecule has 1 aliphatic rings. The molecule has 0 aromatic heterocycles. The number of ether oxygens (including phenoxy) is 3. The van der Waals surface area contributed by atoms with Crippen LogP contribution in [0.2, 0.25) is 0 Å². The molecule has 144 valence electrons. The van der Waals surface area contributed by atoms with Gasteiger partial charge in [-0.2, -0.15) is 0 Å². The SMILES string of the molecule is CCOCCN1C(=O)[C@H](Oc2ccccc2OC)[C@@H]1c1ccc(F)cc1F. The second-order valence-corrected chi connectivity index (χ2v) is 6.03. The van der Waals surface area contributed by atoms with Crippen molar-refractivity contribution in [2.45, 2.75) is 19.1 Å². The molecule has 0 unspecified atom stereocenters. The van der Waals surface area contributed by atoms with Crippen molar-refractivity contribution in [2.75, 3.05) is 26.9 Å². The van der Waals surface area contributed by atoms with Crippen molar-refractivity contribution in [3.05, 3.63) is 59.7 Å². The van der Waals surface area contributed by atoms with Gasteiger partial charge < -0.3 is 19.1 Å². The highest BCUT2D eigenvalue weighted by atomic mass is 19.1. The van der Waals surface area contributed by atoms with Gasteiger partial charge in [-0.1, -0.05) is 18.2 Å². The van der Waals surface area contributed by atoms with Crippen molar-refractivity contribution in [1.29, 1.82) is 0 Å². The first-order chi connectivity index (χ1) is 13.1. The summed E-state index contributed by atoms with van der Waals surface area (Å²) >= 11 is 0. The molecule has 1 aliphatic heterocycles. The van der Waals surface area contributed by atoms with Crippen LogP contribution in [-0.2, 0) is 9.53 Å². The summed E-state index contributed by atoms with van der Waals surface area (Å²) in [6.45, 7) is 2.98. The van der Waals surface area contributed by atoms with Crippen LogP contribution < -0.4 is 9.47 Å². The molecule has 1 heterocycles.